The number of carbonyl (C=O) groups is 2. The summed E-state index contributed by atoms with van der Waals surface area (Å²) >= 11 is 12.0. The van der Waals surface area contributed by atoms with Crippen LogP contribution in [-0.4, -0.2) is 33.2 Å². The van der Waals surface area contributed by atoms with Gasteiger partial charge in [-0.3, -0.25) is 14.5 Å². The molecule has 1 aliphatic rings. The Bertz CT molecular complexity index is 841. The van der Waals surface area contributed by atoms with Crippen LogP contribution in [0.4, 0.5) is 5.95 Å². The SMILES string of the molecule is Nc1nc(Cl)c(C/C=C/CCCN2C(=O)c3ccccc3C2=O)c(Cl)n1. The number of fused-ring (bicyclic) bond motifs is 1. The van der Waals surface area contributed by atoms with E-state index in [1.54, 1.807) is 24.3 Å². The Morgan fingerprint density at radius 2 is 1.58 bits per heavy atom. The summed E-state index contributed by atoms with van der Waals surface area (Å²) in [6.07, 6.45) is 5.70. The van der Waals surface area contributed by atoms with Gasteiger partial charge >= 0.3 is 0 Å². The standard InChI is InChI=1S/C18H16Cl2N4O2/c19-14-13(15(20)23-18(21)22-14)9-3-1-2-6-10-24-16(25)11-7-4-5-8-12(11)17(24)26/h1,3-5,7-8H,2,6,9-10H2,(H2,21,22,23)/b3-1+. The Hall–Kier alpha value is -2.44. The van der Waals surface area contributed by atoms with E-state index in [2.05, 4.69) is 9.97 Å². The van der Waals surface area contributed by atoms with E-state index in [1.165, 1.54) is 4.90 Å². The van der Waals surface area contributed by atoms with E-state index in [9.17, 15) is 9.59 Å². The molecule has 6 nitrogen and oxygen atoms in total. The number of nitrogens with two attached hydrogens (primary N) is 1. The molecule has 0 radical (unpaired) electrons. The fraction of sp³-hybridized carbons (Fsp3) is 0.222. The maximum Gasteiger partial charge on any atom is 0.261 e. The number of nitrogens with zero attached hydrogens (tertiary/aromatic N) is 3. The minimum absolute atomic E-state index is 0.0358. The molecule has 0 bridgehead atoms. The van der Waals surface area contributed by atoms with Crippen LogP contribution in [0.25, 0.3) is 0 Å². The van der Waals surface area contributed by atoms with Crippen molar-refractivity contribution >= 4 is 41.0 Å². The summed E-state index contributed by atoms with van der Waals surface area (Å²) in [5, 5.41) is 0.469. The average Bonchev–Trinajstić information content (AvgIpc) is 2.84. The molecule has 0 saturated heterocycles. The summed E-state index contributed by atoms with van der Waals surface area (Å²) in [6, 6.07) is 6.87. The van der Waals surface area contributed by atoms with Gasteiger partial charge in [-0.1, -0.05) is 47.5 Å². The third-order valence-corrected chi connectivity index (χ3v) is 4.67. The first-order valence-electron chi connectivity index (χ1n) is 8.06. The highest BCUT2D eigenvalue weighted by atomic mass is 35.5. The molecule has 0 aliphatic carbocycles. The Morgan fingerprint density at radius 1 is 1.00 bits per heavy atom. The van der Waals surface area contributed by atoms with Gasteiger partial charge in [0.15, 0.2) is 0 Å². The molecule has 8 heteroatoms. The van der Waals surface area contributed by atoms with Crippen molar-refractivity contribution in [2.75, 3.05) is 12.3 Å². The van der Waals surface area contributed by atoms with Crippen LogP contribution in [0.1, 0.15) is 39.1 Å². The lowest BCUT2D eigenvalue weighted by molar-refractivity contribution is 0.0653. The number of amides is 2. The summed E-state index contributed by atoms with van der Waals surface area (Å²) in [6.45, 7) is 0.378. The van der Waals surface area contributed by atoms with E-state index in [4.69, 9.17) is 28.9 Å². The first-order chi connectivity index (χ1) is 12.5. The summed E-state index contributed by atoms with van der Waals surface area (Å²) in [5.41, 5.74) is 7.02. The van der Waals surface area contributed by atoms with Gasteiger partial charge in [0.1, 0.15) is 10.3 Å². The van der Waals surface area contributed by atoms with Crippen LogP contribution in [0, 0.1) is 0 Å². The quantitative estimate of drug-likeness (QED) is 0.352. The highest BCUT2D eigenvalue weighted by Crippen LogP contribution is 2.24. The molecule has 0 fully saturated rings. The second-order valence-corrected chi connectivity index (χ2v) is 6.48. The number of imide groups is 1. The Labute approximate surface area is 160 Å². The van der Waals surface area contributed by atoms with Crippen LogP contribution in [0.5, 0.6) is 0 Å². The molecule has 2 aromatic rings. The summed E-state index contributed by atoms with van der Waals surface area (Å²) in [7, 11) is 0. The molecular weight excluding hydrogens is 375 g/mol. The molecular formula is C18H16Cl2N4O2. The lowest BCUT2D eigenvalue weighted by Crippen LogP contribution is -2.30. The Morgan fingerprint density at radius 3 is 2.15 bits per heavy atom. The predicted octanol–water partition coefficient (Wildman–Crippen LogP) is 3.54. The number of carbonyl (C=O) groups excluding carboxylic acids is 2. The second-order valence-electron chi connectivity index (χ2n) is 5.77. The third kappa shape index (κ3) is 3.71. The van der Waals surface area contributed by atoms with Gasteiger partial charge in [0.2, 0.25) is 5.95 Å². The topological polar surface area (TPSA) is 89.2 Å². The zero-order chi connectivity index (χ0) is 18.7. The molecule has 1 aromatic heterocycles. The van der Waals surface area contributed by atoms with Gasteiger partial charge in [0.05, 0.1) is 11.1 Å². The molecule has 2 amide bonds. The Kier molecular flexibility index (Phi) is 5.54. The molecule has 2 heterocycles. The molecule has 1 aromatic carbocycles. The Balaban J connectivity index is 1.50. The molecule has 26 heavy (non-hydrogen) atoms. The van der Waals surface area contributed by atoms with E-state index in [0.29, 0.717) is 42.5 Å². The molecule has 0 saturated carbocycles. The number of unbranched alkanes of at least 4 members (excludes halogenated alkanes) is 1. The number of hydrogen-bond donors (Lipinski definition) is 1. The van der Waals surface area contributed by atoms with Crippen molar-refractivity contribution in [3.63, 3.8) is 0 Å². The van der Waals surface area contributed by atoms with Crippen LogP contribution >= 0.6 is 23.2 Å². The monoisotopic (exact) mass is 390 g/mol. The normalized spacial score (nSPS) is 13.7. The van der Waals surface area contributed by atoms with Gasteiger partial charge in [-0.15, -0.1) is 0 Å². The molecule has 134 valence electrons. The van der Waals surface area contributed by atoms with Crippen LogP contribution in [0.15, 0.2) is 36.4 Å². The fourth-order valence-corrected chi connectivity index (χ4v) is 3.30. The highest BCUT2D eigenvalue weighted by Gasteiger charge is 2.34. The smallest absolute Gasteiger partial charge is 0.261 e. The zero-order valence-corrected chi connectivity index (χ0v) is 15.3. The van der Waals surface area contributed by atoms with Crippen molar-refractivity contribution < 1.29 is 9.59 Å². The number of hydrogen-bond acceptors (Lipinski definition) is 5. The van der Waals surface area contributed by atoms with E-state index in [0.717, 1.165) is 0 Å². The van der Waals surface area contributed by atoms with E-state index >= 15 is 0 Å². The van der Waals surface area contributed by atoms with Gasteiger partial charge in [0, 0.05) is 12.1 Å². The largest absolute Gasteiger partial charge is 0.368 e. The molecule has 0 atom stereocenters. The van der Waals surface area contributed by atoms with Crippen LogP contribution in [0.2, 0.25) is 10.3 Å². The van der Waals surface area contributed by atoms with Crippen molar-refractivity contribution in [3.8, 4) is 0 Å². The summed E-state index contributed by atoms with van der Waals surface area (Å²) in [4.78, 5) is 33.5. The van der Waals surface area contributed by atoms with Crippen molar-refractivity contribution in [3.05, 3.63) is 63.4 Å². The second kappa shape index (κ2) is 7.85. The lowest BCUT2D eigenvalue weighted by atomic mass is 10.1. The number of allylic oxidation sites excluding steroid dienone is 2. The maximum absolute atomic E-state index is 12.2. The first kappa shape index (κ1) is 18.4. The van der Waals surface area contributed by atoms with E-state index in [-0.39, 0.29) is 28.1 Å². The minimum Gasteiger partial charge on any atom is -0.368 e. The van der Waals surface area contributed by atoms with Crippen molar-refractivity contribution in [2.45, 2.75) is 19.3 Å². The van der Waals surface area contributed by atoms with Crippen LogP contribution < -0.4 is 5.73 Å². The van der Waals surface area contributed by atoms with Crippen molar-refractivity contribution in [1.29, 1.82) is 0 Å². The number of nitrogen functional groups attached to an aromatic ring is 1. The maximum atomic E-state index is 12.2. The molecule has 0 unspecified atom stereocenters. The number of rotatable bonds is 6. The number of halogens is 2. The third-order valence-electron chi connectivity index (χ3n) is 4.04. The summed E-state index contributed by atoms with van der Waals surface area (Å²) < 4.78 is 0. The summed E-state index contributed by atoms with van der Waals surface area (Å²) in [5.74, 6) is -0.423. The zero-order valence-electron chi connectivity index (χ0n) is 13.8. The van der Waals surface area contributed by atoms with Crippen LogP contribution in [0.3, 0.4) is 0 Å². The number of aromatic nitrogens is 2. The van der Waals surface area contributed by atoms with Gasteiger partial charge in [0.25, 0.3) is 11.8 Å². The fourth-order valence-electron chi connectivity index (χ4n) is 2.74. The minimum atomic E-state index is -0.229. The van der Waals surface area contributed by atoms with E-state index < -0.39 is 0 Å². The van der Waals surface area contributed by atoms with Crippen molar-refractivity contribution in [2.24, 2.45) is 0 Å². The molecule has 3 rings (SSSR count). The van der Waals surface area contributed by atoms with Crippen molar-refractivity contribution in [1.82, 2.24) is 14.9 Å². The first-order valence-corrected chi connectivity index (χ1v) is 8.82. The molecule has 2 N–H and O–H groups in total. The average molecular weight is 391 g/mol. The van der Waals surface area contributed by atoms with Gasteiger partial charge in [-0.2, -0.15) is 0 Å². The van der Waals surface area contributed by atoms with Gasteiger partial charge < -0.3 is 5.73 Å². The lowest BCUT2D eigenvalue weighted by Gasteiger charge is -2.12. The number of anilines is 1. The van der Waals surface area contributed by atoms with E-state index in [1.807, 2.05) is 12.2 Å². The van der Waals surface area contributed by atoms with Gasteiger partial charge in [-0.05, 0) is 31.4 Å². The number of benzene rings is 1. The molecule has 0 spiro atoms. The van der Waals surface area contributed by atoms with Gasteiger partial charge in [-0.25, -0.2) is 9.97 Å². The van der Waals surface area contributed by atoms with Crippen LogP contribution in [-0.2, 0) is 6.42 Å². The molecule has 1 aliphatic heterocycles. The predicted molar refractivity (Wildman–Crippen MR) is 100 cm³/mol. The highest BCUT2D eigenvalue weighted by molar-refractivity contribution is 6.34.